The number of fused-ring (bicyclic) bond motifs is 1. The SMILES string of the molecule is Nc1cnc2c(I)nn(C3CCCCO3)c2n1. The minimum Gasteiger partial charge on any atom is -0.382 e. The van der Waals surface area contributed by atoms with Crippen LogP contribution in [0.4, 0.5) is 5.82 Å². The largest absolute Gasteiger partial charge is 0.382 e. The first-order valence-corrected chi connectivity index (χ1v) is 6.61. The van der Waals surface area contributed by atoms with Crippen LogP contribution < -0.4 is 5.73 Å². The smallest absolute Gasteiger partial charge is 0.182 e. The van der Waals surface area contributed by atoms with E-state index in [4.69, 9.17) is 10.5 Å². The minimum absolute atomic E-state index is 0.0362. The van der Waals surface area contributed by atoms with Crippen LogP contribution in [0.5, 0.6) is 0 Å². The van der Waals surface area contributed by atoms with E-state index in [1.54, 1.807) is 10.9 Å². The van der Waals surface area contributed by atoms with Gasteiger partial charge in [0.1, 0.15) is 11.3 Å². The predicted molar refractivity (Wildman–Crippen MR) is 71.3 cm³/mol. The molecular formula is C10H12IN5O. The number of aromatic nitrogens is 4. The summed E-state index contributed by atoms with van der Waals surface area (Å²) >= 11 is 2.16. The van der Waals surface area contributed by atoms with Crippen LogP contribution in [0.25, 0.3) is 11.2 Å². The van der Waals surface area contributed by atoms with E-state index in [-0.39, 0.29) is 6.23 Å². The summed E-state index contributed by atoms with van der Waals surface area (Å²) in [7, 11) is 0. The van der Waals surface area contributed by atoms with Crippen LogP contribution in [0.2, 0.25) is 0 Å². The molecule has 3 rings (SSSR count). The maximum atomic E-state index is 5.71. The Kier molecular flexibility index (Phi) is 2.87. The van der Waals surface area contributed by atoms with Crippen LogP contribution in [-0.2, 0) is 4.74 Å². The lowest BCUT2D eigenvalue weighted by Gasteiger charge is -2.22. The molecule has 7 heteroatoms. The first-order valence-electron chi connectivity index (χ1n) is 5.53. The summed E-state index contributed by atoms with van der Waals surface area (Å²) in [6.07, 6.45) is 4.74. The average Bonchev–Trinajstić information content (AvgIpc) is 2.67. The molecule has 1 unspecified atom stereocenters. The maximum Gasteiger partial charge on any atom is 0.182 e. The van der Waals surface area contributed by atoms with Crippen molar-refractivity contribution in [1.82, 2.24) is 19.7 Å². The van der Waals surface area contributed by atoms with Gasteiger partial charge in [-0.25, -0.2) is 14.6 Å². The third kappa shape index (κ3) is 1.97. The maximum absolute atomic E-state index is 5.71. The molecule has 0 bridgehead atoms. The van der Waals surface area contributed by atoms with Crippen LogP contribution in [0.15, 0.2) is 6.20 Å². The topological polar surface area (TPSA) is 78.8 Å². The molecule has 2 N–H and O–H groups in total. The van der Waals surface area contributed by atoms with Gasteiger partial charge in [-0.1, -0.05) is 0 Å². The highest BCUT2D eigenvalue weighted by atomic mass is 127. The number of rotatable bonds is 1. The van der Waals surface area contributed by atoms with E-state index in [0.29, 0.717) is 11.5 Å². The van der Waals surface area contributed by atoms with Gasteiger partial charge in [0.25, 0.3) is 0 Å². The molecule has 0 amide bonds. The Bertz CT molecular complexity index is 549. The van der Waals surface area contributed by atoms with Crippen molar-refractivity contribution in [2.75, 3.05) is 12.3 Å². The Morgan fingerprint density at radius 3 is 3.12 bits per heavy atom. The predicted octanol–water partition coefficient (Wildman–Crippen LogP) is 1.71. The van der Waals surface area contributed by atoms with E-state index in [1.165, 1.54) is 0 Å². The fourth-order valence-electron chi connectivity index (χ4n) is 2.00. The van der Waals surface area contributed by atoms with Gasteiger partial charge in [0, 0.05) is 6.61 Å². The summed E-state index contributed by atoms with van der Waals surface area (Å²) in [6, 6.07) is 0. The summed E-state index contributed by atoms with van der Waals surface area (Å²) in [5.41, 5.74) is 7.17. The molecule has 2 aromatic rings. The molecule has 90 valence electrons. The van der Waals surface area contributed by atoms with Crippen molar-refractivity contribution in [1.29, 1.82) is 0 Å². The van der Waals surface area contributed by atoms with Crippen molar-refractivity contribution in [2.24, 2.45) is 0 Å². The zero-order valence-electron chi connectivity index (χ0n) is 9.14. The Morgan fingerprint density at radius 2 is 2.35 bits per heavy atom. The molecule has 1 fully saturated rings. The van der Waals surface area contributed by atoms with Gasteiger partial charge in [-0.2, -0.15) is 5.10 Å². The van der Waals surface area contributed by atoms with E-state index < -0.39 is 0 Å². The quantitative estimate of drug-likeness (QED) is 0.796. The Balaban J connectivity index is 2.11. The van der Waals surface area contributed by atoms with E-state index in [0.717, 1.165) is 35.1 Å². The van der Waals surface area contributed by atoms with E-state index in [9.17, 15) is 0 Å². The molecule has 0 aromatic carbocycles. The molecule has 3 heterocycles. The van der Waals surface area contributed by atoms with Crippen molar-refractivity contribution in [3.05, 3.63) is 9.90 Å². The fraction of sp³-hybridized carbons (Fsp3) is 0.500. The lowest BCUT2D eigenvalue weighted by molar-refractivity contribution is -0.0372. The summed E-state index contributed by atoms with van der Waals surface area (Å²) in [6.45, 7) is 0.776. The number of nitrogens with zero attached hydrogens (tertiary/aromatic N) is 4. The second kappa shape index (κ2) is 4.37. The molecule has 0 spiro atoms. The molecule has 17 heavy (non-hydrogen) atoms. The highest BCUT2D eigenvalue weighted by Gasteiger charge is 2.21. The highest BCUT2D eigenvalue weighted by Crippen LogP contribution is 2.27. The van der Waals surface area contributed by atoms with Gasteiger partial charge in [-0.15, -0.1) is 0 Å². The molecule has 1 aliphatic heterocycles. The highest BCUT2D eigenvalue weighted by molar-refractivity contribution is 14.1. The average molecular weight is 345 g/mol. The molecular weight excluding hydrogens is 333 g/mol. The van der Waals surface area contributed by atoms with Gasteiger partial charge in [-0.3, -0.25) is 0 Å². The summed E-state index contributed by atoms with van der Waals surface area (Å²) in [5.74, 6) is 0.408. The first kappa shape index (κ1) is 11.1. The molecule has 0 radical (unpaired) electrons. The van der Waals surface area contributed by atoms with Crippen LogP contribution >= 0.6 is 22.6 Å². The monoisotopic (exact) mass is 345 g/mol. The van der Waals surface area contributed by atoms with Crippen LogP contribution in [0.3, 0.4) is 0 Å². The van der Waals surface area contributed by atoms with Crippen molar-refractivity contribution in [3.63, 3.8) is 0 Å². The minimum atomic E-state index is -0.0362. The van der Waals surface area contributed by atoms with Crippen molar-refractivity contribution < 1.29 is 4.74 Å². The number of hydrogen-bond donors (Lipinski definition) is 1. The number of halogens is 1. The molecule has 0 aliphatic carbocycles. The van der Waals surface area contributed by atoms with Gasteiger partial charge in [-0.05, 0) is 41.9 Å². The Morgan fingerprint density at radius 1 is 1.47 bits per heavy atom. The van der Waals surface area contributed by atoms with Gasteiger partial charge in [0.05, 0.1) is 6.20 Å². The number of anilines is 1. The van der Waals surface area contributed by atoms with Crippen molar-refractivity contribution >= 4 is 39.6 Å². The third-order valence-corrected chi connectivity index (χ3v) is 3.54. The van der Waals surface area contributed by atoms with E-state index >= 15 is 0 Å². The van der Waals surface area contributed by atoms with Crippen molar-refractivity contribution in [2.45, 2.75) is 25.5 Å². The molecule has 2 aromatic heterocycles. The second-order valence-corrected chi connectivity index (χ2v) is 5.05. The normalized spacial score (nSPS) is 20.9. The van der Waals surface area contributed by atoms with Crippen molar-refractivity contribution in [3.8, 4) is 0 Å². The molecule has 1 saturated heterocycles. The lowest BCUT2D eigenvalue weighted by atomic mass is 10.2. The number of ether oxygens (including phenoxy) is 1. The molecule has 0 saturated carbocycles. The Labute approximate surface area is 112 Å². The molecule has 1 atom stereocenters. The number of nitrogens with two attached hydrogens (primary N) is 1. The standard InChI is InChI=1S/C10H12IN5O/c11-9-8-10(14-6(12)5-13-8)16(15-9)7-3-1-2-4-17-7/h5,7H,1-4H2,(H2,12,14). The molecule has 1 aliphatic rings. The van der Waals surface area contributed by atoms with Crippen LogP contribution in [0, 0.1) is 3.70 Å². The van der Waals surface area contributed by atoms with Crippen LogP contribution in [-0.4, -0.2) is 26.4 Å². The van der Waals surface area contributed by atoms with E-state index in [2.05, 4.69) is 37.7 Å². The van der Waals surface area contributed by atoms with Gasteiger partial charge in [0.15, 0.2) is 15.6 Å². The zero-order valence-corrected chi connectivity index (χ0v) is 11.3. The van der Waals surface area contributed by atoms with Gasteiger partial charge in [0.2, 0.25) is 0 Å². The second-order valence-electron chi connectivity index (χ2n) is 4.02. The van der Waals surface area contributed by atoms with Gasteiger partial charge < -0.3 is 10.5 Å². The summed E-state index contributed by atoms with van der Waals surface area (Å²) in [4.78, 5) is 8.56. The lowest BCUT2D eigenvalue weighted by Crippen LogP contribution is -2.19. The van der Waals surface area contributed by atoms with E-state index in [1.807, 2.05) is 0 Å². The molecule has 6 nitrogen and oxygen atoms in total. The Hall–Kier alpha value is -0.960. The van der Waals surface area contributed by atoms with Crippen LogP contribution in [0.1, 0.15) is 25.5 Å². The number of hydrogen-bond acceptors (Lipinski definition) is 5. The summed E-state index contributed by atoms with van der Waals surface area (Å²) < 4.78 is 8.35. The summed E-state index contributed by atoms with van der Waals surface area (Å²) in [5, 5.41) is 4.45. The fourth-order valence-corrected chi connectivity index (χ4v) is 2.62. The zero-order chi connectivity index (χ0) is 11.8. The number of nitrogen functional groups attached to an aromatic ring is 1. The first-order chi connectivity index (χ1) is 8.25. The third-order valence-electron chi connectivity index (χ3n) is 2.81. The van der Waals surface area contributed by atoms with Gasteiger partial charge >= 0.3 is 0 Å².